The van der Waals surface area contributed by atoms with Gasteiger partial charge in [-0.05, 0) is 19.1 Å². The molecule has 1 fully saturated rings. The Morgan fingerprint density at radius 1 is 1.61 bits per heavy atom. The van der Waals surface area contributed by atoms with Crippen LogP contribution in [0.2, 0.25) is 0 Å². The van der Waals surface area contributed by atoms with Crippen molar-refractivity contribution in [3.63, 3.8) is 0 Å². The quantitative estimate of drug-likeness (QED) is 0.866. The minimum atomic E-state index is -0.885. The fourth-order valence-electron chi connectivity index (χ4n) is 2.16. The van der Waals surface area contributed by atoms with Crippen LogP contribution in [0.5, 0.6) is 0 Å². The first-order valence-electron chi connectivity index (χ1n) is 5.86. The normalized spacial score (nSPS) is 21.4. The summed E-state index contributed by atoms with van der Waals surface area (Å²) in [7, 11) is 0. The first kappa shape index (κ1) is 12.8. The smallest absolute Gasteiger partial charge is 0.161 e. The molecule has 1 aromatic rings. The zero-order valence-electron chi connectivity index (χ0n) is 10.1. The second-order valence-electron chi connectivity index (χ2n) is 4.28. The van der Waals surface area contributed by atoms with Gasteiger partial charge in [-0.1, -0.05) is 6.07 Å². The number of hydrogen-bond donors (Lipinski definition) is 1. The third-order valence-corrected chi connectivity index (χ3v) is 3.00. The number of rotatable bonds is 2. The minimum Gasteiger partial charge on any atom is -0.389 e. The Balaban J connectivity index is 2.33. The van der Waals surface area contributed by atoms with Gasteiger partial charge in [-0.15, -0.1) is 0 Å². The highest BCUT2D eigenvalue weighted by molar-refractivity contribution is 5.55. The second kappa shape index (κ2) is 5.34. The predicted molar refractivity (Wildman–Crippen MR) is 64.6 cm³/mol. The Morgan fingerprint density at radius 3 is 3.06 bits per heavy atom. The summed E-state index contributed by atoms with van der Waals surface area (Å²) in [5.41, 5.74) is 0.907. The van der Waals surface area contributed by atoms with Crippen LogP contribution in [0.3, 0.4) is 0 Å². The van der Waals surface area contributed by atoms with Crippen LogP contribution in [0.15, 0.2) is 18.2 Å². The van der Waals surface area contributed by atoms with Crippen LogP contribution in [0, 0.1) is 17.1 Å². The number of aliphatic hydroxyl groups is 1. The number of anilines is 1. The maximum atomic E-state index is 13.8. The molecule has 1 N–H and O–H groups in total. The number of ether oxygens (including phenoxy) is 1. The number of morpholine rings is 1. The van der Waals surface area contributed by atoms with Gasteiger partial charge in [0.1, 0.15) is 5.82 Å². The molecule has 0 amide bonds. The lowest BCUT2D eigenvalue weighted by Gasteiger charge is -2.33. The van der Waals surface area contributed by atoms with E-state index in [9.17, 15) is 9.50 Å². The van der Waals surface area contributed by atoms with E-state index in [0.29, 0.717) is 25.4 Å². The Labute approximate surface area is 105 Å². The number of nitrogens with zero attached hydrogens (tertiary/aromatic N) is 2. The number of hydrogen-bond acceptors (Lipinski definition) is 4. The molecular weight excluding hydrogens is 235 g/mol. The third-order valence-electron chi connectivity index (χ3n) is 3.00. The van der Waals surface area contributed by atoms with Gasteiger partial charge in [-0.2, -0.15) is 5.26 Å². The van der Waals surface area contributed by atoms with Crippen molar-refractivity contribution < 1.29 is 14.2 Å². The third kappa shape index (κ3) is 2.45. The van der Waals surface area contributed by atoms with Crippen LogP contribution in [-0.2, 0) is 4.74 Å². The van der Waals surface area contributed by atoms with Gasteiger partial charge < -0.3 is 14.7 Å². The first-order valence-corrected chi connectivity index (χ1v) is 5.86. The summed E-state index contributed by atoms with van der Waals surface area (Å²) in [6.07, 6.45) is -1.39. The monoisotopic (exact) mass is 250 g/mol. The van der Waals surface area contributed by atoms with E-state index < -0.39 is 18.0 Å². The average Bonchev–Trinajstić information content (AvgIpc) is 2.38. The Bertz CT molecular complexity index is 471. The Morgan fingerprint density at radius 2 is 2.39 bits per heavy atom. The van der Waals surface area contributed by atoms with Crippen LogP contribution < -0.4 is 4.90 Å². The maximum absolute atomic E-state index is 13.8. The van der Waals surface area contributed by atoms with Gasteiger partial charge in [-0.25, -0.2) is 4.39 Å². The molecule has 1 aliphatic heterocycles. The molecule has 18 heavy (non-hydrogen) atoms. The molecule has 0 saturated carbocycles. The van der Waals surface area contributed by atoms with Gasteiger partial charge in [0.2, 0.25) is 0 Å². The lowest BCUT2D eigenvalue weighted by atomic mass is 10.1. The summed E-state index contributed by atoms with van der Waals surface area (Å²) in [5, 5.41) is 18.5. The van der Waals surface area contributed by atoms with Crippen LogP contribution >= 0.6 is 0 Å². The van der Waals surface area contributed by atoms with E-state index in [4.69, 9.17) is 10.00 Å². The van der Waals surface area contributed by atoms with Gasteiger partial charge in [-0.3, -0.25) is 0 Å². The van der Waals surface area contributed by atoms with Gasteiger partial charge in [0, 0.05) is 17.8 Å². The van der Waals surface area contributed by atoms with E-state index >= 15 is 0 Å². The number of benzene rings is 1. The van der Waals surface area contributed by atoms with Crippen molar-refractivity contribution >= 4 is 5.69 Å². The van der Waals surface area contributed by atoms with Crippen LogP contribution in [-0.4, -0.2) is 30.9 Å². The molecule has 0 radical (unpaired) electrons. The van der Waals surface area contributed by atoms with Crippen molar-refractivity contribution in [2.45, 2.75) is 19.1 Å². The molecule has 2 atom stereocenters. The molecule has 0 aromatic heterocycles. The highest BCUT2D eigenvalue weighted by Crippen LogP contribution is 2.29. The van der Waals surface area contributed by atoms with E-state index in [2.05, 4.69) is 0 Å². The second-order valence-corrected chi connectivity index (χ2v) is 4.28. The summed E-state index contributed by atoms with van der Waals surface area (Å²) < 4.78 is 19.0. The lowest BCUT2D eigenvalue weighted by Crippen LogP contribution is -2.42. The van der Waals surface area contributed by atoms with Crippen molar-refractivity contribution in [2.24, 2.45) is 0 Å². The lowest BCUT2D eigenvalue weighted by molar-refractivity contribution is 0.0761. The van der Waals surface area contributed by atoms with Crippen molar-refractivity contribution in [2.75, 3.05) is 24.6 Å². The van der Waals surface area contributed by atoms with E-state index in [-0.39, 0.29) is 5.56 Å². The molecule has 1 saturated heterocycles. The SMILES string of the molecule is CC(O)c1c(F)cccc1N1CCOC(C#N)C1. The molecule has 5 heteroatoms. The van der Waals surface area contributed by atoms with E-state index in [1.165, 1.54) is 13.0 Å². The molecule has 4 nitrogen and oxygen atoms in total. The Kier molecular flexibility index (Phi) is 3.80. The number of halogens is 1. The molecule has 1 heterocycles. The molecule has 2 unspecified atom stereocenters. The van der Waals surface area contributed by atoms with Crippen LogP contribution in [0.1, 0.15) is 18.6 Å². The zero-order chi connectivity index (χ0) is 13.1. The molecule has 1 aromatic carbocycles. The molecule has 96 valence electrons. The number of nitriles is 1. The highest BCUT2D eigenvalue weighted by Gasteiger charge is 2.24. The molecule has 1 aliphatic rings. The molecule has 0 bridgehead atoms. The van der Waals surface area contributed by atoms with Crippen LogP contribution in [0.4, 0.5) is 10.1 Å². The topological polar surface area (TPSA) is 56.5 Å². The zero-order valence-corrected chi connectivity index (χ0v) is 10.1. The molecule has 2 rings (SSSR count). The van der Waals surface area contributed by atoms with Crippen molar-refractivity contribution in [1.82, 2.24) is 0 Å². The number of aliphatic hydroxyl groups excluding tert-OH is 1. The first-order chi connectivity index (χ1) is 8.63. The van der Waals surface area contributed by atoms with Crippen molar-refractivity contribution in [1.29, 1.82) is 5.26 Å². The van der Waals surface area contributed by atoms with E-state index in [1.54, 1.807) is 12.1 Å². The summed E-state index contributed by atoms with van der Waals surface area (Å²) in [6.45, 7) is 2.93. The van der Waals surface area contributed by atoms with Crippen molar-refractivity contribution in [3.05, 3.63) is 29.6 Å². The predicted octanol–water partition coefficient (Wildman–Crippen LogP) is 1.61. The summed E-state index contributed by atoms with van der Waals surface area (Å²) in [5.74, 6) is -0.428. The summed E-state index contributed by atoms with van der Waals surface area (Å²) >= 11 is 0. The molecular formula is C13H15FN2O2. The fraction of sp³-hybridized carbons (Fsp3) is 0.462. The van der Waals surface area contributed by atoms with E-state index in [1.807, 2.05) is 11.0 Å². The van der Waals surface area contributed by atoms with Crippen LogP contribution in [0.25, 0.3) is 0 Å². The van der Waals surface area contributed by atoms with Gasteiger partial charge in [0.05, 0.1) is 25.3 Å². The standard InChI is InChI=1S/C13H15FN2O2/c1-9(17)13-11(14)3-2-4-12(13)16-5-6-18-10(7-15)8-16/h2-4,9-10,17H,5-6,8H2,1H3. The summed E-state index contributed by atoms with van der Waals surface area (Å²) in [4.78, 5) is 1.88. The van der Waals surface area contributed by atoms with Gasteiger partial charge >= 0.3 is 0 Å². The molecule has 0 spiro atoms. The minimum absolute atomic E-state index is 0.274. The summed E-state index contributed by atoms with van der Waals surface area (Å²) in [6, 6.07) is 6.73. The highest BCUT2D eigenvalue weighted by atomic mass is 19.1. The fourth-order valence-corrected chi connectivity index (χ4v) is 2.16. The van der Waals surface area contributed by atoms with Gasteiger partial charge in [0.25, 0.3) is 0 Å². The van der Waals surface area contributed by atoms with Gasteiger partial charge in [0.15, 0.2) is 6.10 Å². The largest absolute Gasteiger partial charge is 0.389 e. The van der Waals surface area contributed by atoms with E-state index in [0.717, 1.165) is 0 Å². The maximum Gasteiger partial charge on any atom is 0.161 e. The molecule has 0 aliphatic carbocycles. The van der Waals surface area contributed by atoms with Crippen molar-refractivity contribution in [3.8, 4) is 6.07 Å². The average molecular weight is 250 g/mol. The Hall–Kier alpha value is -1.64.